The van der Waals surface area contributed by atoms with Crippen molar-refractivity contribution in [2.24, 2.45) is 17.6 Å². The first kappa shape index (κ1) is 13.3. The molecule has 3 unspecified atom stereocenters. The van der Waals surface area contributed by atoms with Gasteiger partial charge in [0.1, 0.15) is 0 Å². The second-order valence-electron chi connectivity index (χ2n) is 5.84. The fraction of sp³-hybridized carbons (Fsp3) is 1.00. The van der Waals surface area contributed by atoms with Crippen molar-refractivity contribution in [2.45, 2.75) is 45.1 Å². The average molecular weight is 239 g/mol. The minimum absolute atomic E-state index is 0.699. The van der Waals surface area contributed by atoms with Gasteiger partial charge < -0.3 is 16.0 Å². The highest BCUT2D eigenvalue weighted by Gasteiger charge is 2.26. The summed E-state index contributed by atoms with van der Waals surface area (Å²) in [6.45, 7) is 8.14. The Morgan fingerprint density at radius 1 is 1.24 bits per heavy atom. The van der Waals surface area contributed by atoms with Crippen LogP contribution in [0.2, 0.25) is 0 Å². The molecule has 0 spiro atoms. The lowest BCUT2D eigenvalue weighted by Crippen LogP contribution is -2.44. The van der Waals surface area contributed by atoms with Gasteiger partial charge in [-0.1, -0.05) is 19.8 Å². The molecule has 3 N–H and O–H groups in total. The molecular formula is C14H29N3. The molecule has 0 amide bonds. The van der Waals surface area contributed by atoms with Crippen LogP contribution in [0, 0.1) is 11.8 Å². The average Bonchev–Trinajstić information content (AvgIpc) is 2.84. The molecule has 100 valence electrons. The Bertz CT molecular complexity index is 220. The van der Waals surface area contributed by atoms with E-state index in [1.54, 1.807) is 0 Å². The van der Waals surface area contributed by atoms with Gasteiger partial charge in [0, 0.05) is 12.6 Å². The van der Waals surface area contributed by atoms with Gasteiger partial charge in [-0.3, -0.25) is 0 Å². The molecule has 3 nitrogen and oxygen atoms in total. The zero-order chi connectivity index (χ0) is 12.1. The Hall–Kier alpha value is -0.120. The second-order valence-corrected chi connectivity index (χ2v) is 5.84. The van der Waals surface area contributed by atoms with Crippen LogP contribution >= 0.6 is 0 Å². The van der Waals surface area contributed by atoms with E-state index >= 15 is 0 Å². The van der Waals surface area contributed by atoms with Gasteiger partial charge in [-0.2, -0.15) is 0 Å². The number of nitrogens with zero attached hydrogens (tertiary/aromatic N) is 1. The van der Waals surface area contributed by atoms with Crippen molar-refractivity contribution >= 4 is 0 Å². The van der Waals surface area contributed by atoms with Crippen molar-refractivity contribution in [1.82, 2.24) is 10.2 Å². The molecule has 2 aliphatic rings. The number of nitrogens with one attached hydrogen (secondary N) is 1. The maximum Gasteiger partial charge on any atom is 0.0107 e. The molecule has 3 atom stereocenters. The largest absolute Gasteiger partial charge is 0.330 e. The predicted molar refractivity (Wildman–Crippen MR) is 73.0 cm³/mol. The van der Waals surface area contributed by atoms with Gasteiger partial charge in [-0.25, -0.2) is 0 Å². The van der Waals surface area contributed by atoms with Crippen LogP contribution in [0.3, 0.4) is 0 Å². The van der Waals surface area contributed by atoms with Gasteiger partial charge in [0.2, 0.25) is 0 Å². The SMILES string of the molecule is CCN1CCC(CNC2CCCCC2CN)C1. The van der Waals surface area contributed by atoms with E-state index < -0.39 is 0 Å². The molecule has 1 saturated carbocycles. The Morgan fingerprint density at radius 2 is 2.06 bits per heavy atom. The van der Waals surface area contributed by atoms with Gasteiger partial charge in [0.05, 0.1) is 0 Å². The van der Waals surface area contributed by atoms with Crippen LogP contribution in [0.25, 0.3) is 0 Å². The molecule has 3 heteroatoms. The maximum absolute atomic E-state index is 5.87. The monoisotopic (exact) mass is 239 g/mol. The zero-order valence-corrected chi connectivity index (χ0v) is 11.3. The lowest BCUT2D eigenvalue weighted by atomic mass is 9.84. The van der Waals surface area contributed by atoms with Crippen molar-refractivity contribution in [1.29, 1.82) is 0 Å². The number of hydrogen-bond donors (Lipinski definition) is 2. The normalized spacial score (nSPS) is 35.3. The number of rotatable bonds is 5. The van der Waals surface area contributed by atoms with Gasteiger partial charge >= 0.3 is 0 Å². The summed E-state index contributed by atoms with van der Waals surface area (Å²) < 4.78 is 0. The van der Waals surface area contributed by atoms with Crippen LogP contribution in [-0.4, -0.2) is 43.7 Å². The zero-order valence-electron chi connectivity index (χ0n) is 11.3. The van der Waals surface area contributed by atoms with E-state index in [0.29, 0.717) is 6.04 Å². The molecule has 2 fully saturated rings. The highest BCUT2D eigenvalue weighted by Crippen LogP contribution is 2.24. The van der Waals surface area contributed by atoms with Crippen molar-refractivity contribution in [2.75, 3.05) is 32.7 Å². The minimum Gasteiger partial charge on any atom is -0.330 e. The van der Waals surface area contributed by atoms with Crippen molar-refractivity contribution in [3.8, 4) is 0 Å². The van der Waals surface area contributed by atoms with Crippen LogP contribution in [0.4, 0.5) is 0 Å². The van der Waals surface area contributed by atoms with E-state index in [9.17, 15) is 0 Å². The topological polar surface area (TPSA) is 41.3 Å². The first-order valence-electron chi connectivity index (χ1n) is 7.49. The molecule has 1 heterocycles. The molecule has 0 aromatic carbocycles. The Morgan fingerprint density at radius 3 is 2.76 bits per heavy atom. The molecule has 1 aliphatic heterocycles. The molecule has 0 aromatic heterocycles. The molecule has 2 rings (SSSR count). The second kappa shape index (κ2) is 6.72. The van der Waals surface area contributed by atoms with Crippen LogP contribution < -0.4 is 11.1 Å². The molecule has 0 aromatic rings. The minimum atomic E-state index is 0.699. The van der Waals surface area contributed by atoms with Crippen LogP contribution in [0.5, 0.6) is 0 Å². The third-order valence-corrected chi connectivity index (χ3v) is 4.70. The van der Waals surface area contributed by atoms with Crippen molar-refractivity contribution < 1.29 is 0 Å². The summed E-state index contributed by atoms with van der Waals surface area (Å²) >= 11 is 0. The summed E-state index contributed by atoms with van der Waals surface area (Å²) in [5.74, 6) is 1.60. The molecule has 0 radical (unpaired) electrons. The van der Waals surface area contributed by atoms with Gasteiger partial charge in [-0.15, -0.1) is 0 Å². The fourth-order valence-corrected chi connectivity index (χ4v) is 3.44. The van der Waals surface area contributed by atoms with E-state index in [4.69, 9.17) is 5.73 Å². The standard InChI is InChI=1S/C14H29N3/c1-2-17-8-7-12(11-17)10-16-14-6-4-3-5-13(14)9-15/h12-14,16H,2-11,15H2,1H3. The first-order chi connectivity index (χ1) is 8.33. The molecule has 17 heavy (non-hydrogen) atoms. The number of hydrogen-bond acceptors (Lipinski definition) is 3. The summed E-state index contributed by atoms with van der Waals surface area (Å²) in [4.78, 5) is 2.56. The Balaban J connectivity index is 1.70. The maximum atomic E-state index is 5.87. The van der Waals surface area contributed by atoms with Crippen LogP contribution in [0.1, 0.15) is 39.0 Å². The molecular weight excluding hydrogens is 210 g/mol. The number of likely N-dealkylation sites (tertiary alicyclic amines) is 1. The summed E-state index contributed by atoms with van der Waals surface area (Å²) in [6.07, 6.45) is 6.82. The number of nitrogens with two attached hydrogens (primary N) is 1. The highest BCUT2D eigenvalue weighted by atomic mass is 15.1. The third kappa shape index (κ3) is 3.67. The fourth-order valence-electron chi connectivity index (χ4n) is 3.44. The van der Waals surface area contributed by atoms with Crippen LogP contribution in [0.15, 0.2) is 0 Å². The van der Waals surface area contributed by atoms with E-state index in [2.05, 4.69) is 17.1 Å². The third-order valence-electron chi connectivity index (χ3n) is 4.70. The quantitative estimate of drug-likeness (QED) is 0.763. The van der Waals surface area contributed by atoms with Crippen LogP contribution in [-0.2, 0) is 0 Å². The van der Waals surface area contributed by atoms with Crippen molar-refractivity contribution in [3.63, 3.8) is 0 Å². The van der Waals surface area contributed by atoms with E-state index in [1.165, 1.54) is 58.3 Å². The van der Waals surface area contributed by atoms with E-state index in [0.717, 1.165) is 18.4 Å². The lowest BCUT2D eigenvalue weighted by Gasteiger charge is -2.32. The Kier molecular flexibility index (Phi) is 5.26. The van der Waals surface area contributed by atoms with Gasteiger partial charge in [0.15, 0.2) is 0 Å². The Labute approximate surface area is 106 Å². The summed E-state index contributed by atoms with van der Waals surface area (Å²) in [5.41, 5.74) is 5.87. The van der Waals surface area contributed by atoms with Gasteiger partial charge in [0.25, 0.3) is 0 Å². The summed E-state index contributed by atoms with van der Waals surface area (Å²) in [7, 11) is 0. The van der Waals surface area contributed by atoms with E-state index in [1.807, 2.05) is 0 Å². The summed E-state index contributed by atoms with van der Waals surface area (Å²) in [6, 6.07) is 0.699. The van der Waals surface area contributed by atoms with Crippen molar-refractivity contribution in [3.05, 3.63) is 0 Å². The highest BCUT2D eigenvalue weighted by molar-refractivity contribution is 4.84. The molecule has 1 saturated heterocycles. The first-order valence-corrected chi connectivity index (χ1v) is 7.49. The summed E-state index contributed by atoms with van der Waals surface area (Å²) in [5, 5.41) is 3.80. The molecule has 1 aliphatic carbocycles. The smallest absolute Gasteiger partial charge is 0.0107 e. The molecule has 0 bridgehead atoms. The predicted octanol–water partition coefficient (Wildman–Crippen LogP) is 1.44. The van der Waals surface area contributed by atoms with E-state index in [-0.39, 0.29) is 0 Å². The lowest BCUT2D eigenvalue weighted by molar-refractivity contribution is 0.254. The van der Waals surface area contributed by atoms with Gasteiger partial charge in [-0.05, 0) is 57.3 Å².